The second-order valence-electron chi connectivity index (χ2n) is 5.89. The molecular formula is C18H34O5. The van der Waals surface area contributed by atoms with Crippen molar-refractivity contribution in [2.45, 2.75) is 79.1 Å². The lowest BCUT2D eigenvalue weighted by molar-refractivity contribution is -0.279. The van der Waals surface area contributed by atoms with Crippen molar-refractivity contribution >= 4 is 11.9 Å². The summed E-state index contributed by atoms with van der Waals surface area (Å²) < 4.78 is 5.17. The lowest BCUT2D eigenvalue weighted by atomic mass is 10.00. The van der Waals surface area contributed by atoms with E-state index in [1.54, 1.807) is 0 Å². The van der Waals surface area contributed by atoms with Crippen molar-refractivity contribution in [3.8, 4) is 0 Å². The maximum absolute atomic E-state index is 11.9. The van der Waals surface area contributed by atoms with Crippen molar-refractivity contribution in [3.05, 3.63) is 0 Å². The van der Waals surface area contributed by atoms with Gasteiger partial charge in [0.05, 0.1) is 11.8 Å². The van der Waals surface area contributed by atoms with E-state index in [9.17, 15) is 9.59 Å². The normalized spacial score (nSPS) is 13.4. The summed E-state index contributed by atoms with van der Waals surface area (Å²) in [6, 6.07) is 0. The first-order valence-corrected chi connectivity index (χ1v) is 9.10. The van der Waals surface area contributed by atoms with Crippen LogP contribution in [0.25, 0.3) is 0 Å². The van der Waals surface area contributed by atoms with Gasteiger partial charge in [0.2, 0.25) is 0 Å². The first-order valence-electron chi connectivity index (χ1n) is 9.10. The van der Waals surface area contributed by atoms with Crippen LogP contribution in [-0.4, -0.2) is 25.2 Å². The van der Waals surface area contributed by atoms with Gasteiger partial charge < -0.3 is 4.74 Å². The number of hydrogen-bond acceptors (Lipinski definition) is 5. The molecule has 0 saturated carbocycles. The van der Waals surface area contributed by atoms with E-state index < -0.39 is 0 Å². The second-order valence-corrected chi connectivity index (χ2v) is 5.89. The van der Waals surface area contributed by atoms with E-state index in [0.29, 0.717) is 0 Å². The van der Waals surface area contributed by atoms with Gasteiger partial charge in [0.1, 0.15) is 13.2 Å². The van der Waals surface area contributed by atoms with Crippen molar-refractivity contribution in [1.82, 2.24) is 0 Å². The Morgan fingerprint density at radius 2 is 1.30 bits per heavy atom. The van der Waals surface area contributed by atoms with E-state index in [2.05, 4.69) is 13.8 Å². The molecule has 0 saturated heterocycles. The second kappa shape index (κ2) is 14.5. The van der Waals surface area contributed by atoms with Crippen molar-refractivity contribution in [3.63, 3.8) is 0 Å². The third kappa shape index (κ3) is 10.3. The molecule has 5 nitrogen and oxygen atoms in total. The lowest BCUT2D eigenvalue weighted by Gasteiger charge is -2.14. The highest BCUT2D eigenvalue weighted by Gasteiger charge is 2.19. The number of carbonyl (C=O) groups excluding carboxylic acids is 2. The van der Waals surface area contributed by atoms with Crippen LogP contribution in [-0.2, 0) is 24.1 Å². The summed E-state index contributed by atoms with van der Waals surface area (Å²) in [5, 5.41) is 0. The molecule has 0 radical (unpaired) electrons. The van der Waals surface area contributed by atoms with Gasteiger partial charge in [-0.3, -0.25) is 9.68 Å². The Morgan fingerprint density at radius 3 is 1.78 bits per heavy atom. The van der Waals surface area contributed by atoms with E-state index >= 15 is 0 Å². The fourth-order valence-electron chi connectivity index (χ4n) is 2.34. The third-order valence-electron chi connectivity index (χ3n) is 4.02. The Bertz CT molecular complexity index is 287. The molecule has 2 atom stereocenters. The van der Waals surface area contributed by atoms with Crippen LogP contribution < -0.4 is 0 Å². The van der Waals surface area contributed by atoms with Gasteiger partial charge in [-0.05, 0) is 25.7 Å². The van der Waals surface area contributed by atoms with Crippen LogP contribution in [0.1, 0.15) is 79.1 Å². The maximum atomic E-state index is 11.9. The van der Waals surface area contributed by atoms with Crippen LogP contribution in [0.2, 0.25) is 0 Å². The molecule has 0 aromatic rings. The standard InChI is InChI=1S/C18H34O5/c1-5-9-11-15(7-3)17(19)21-13-14-22-23-18(20)16(8-4)12-10-6-2/h15-16H,5-14H2,1-4H3. The van der Waals surface area contributed by atoms with Gasteiger partial charge in [-0.1, -0.05) is 53.4 Å². The van der Waals surface area contributed by atoms with Crippen LogP contribution in [0.15, 0.2) is 0 Å². The lowest BCUT2D eigenvalue weighted by Crippen LogP contribution is -2.21. The minimum atomic E-state index is -0.332. The Kier molecular flexibility index (Phi) is 13.8. The summed E-state index contributed by atoms with van der Waals surface area (Å²) in [4.78, 5) is 33.3. The zero-order valence-corrected chi connectivity index (χ0v) is 15.3. The summed E-state index contributed by atoms with van der Waals surface area (Å²) in [6.07, 6.45) is 7.35. The number of hydrogen-bond donors (Lipinski definition) is 0. The fraction of sp³-hybridized carbons (Fsp3) is 0.889. The number of unbranched alkanes of at least 4 members (excludes halogenated alkanes) is 2. The average molecular weight is 330 g/mol. The third-order valence-corrected chi connectivity index (χ3v) is 4.02. The largest absolute Gasteiger partial charge is 0.463 e. The van der Waals surface area contributed by atoms with Crippen molar-refractivity contribution < 1.29 is 24.1 Å². The van der Waals surface area contributed by atoms with Gasteiger partial charge in [0.15, 0.2) is 0 Å². The highest BCUT2D eigenvalue weighted by atomic mass is 17.2. The molecule has 23 heavy (non-hydrogen) atoms. The predicted molar refractivity (Wildman–Crippen MR) is 89.6 cm³/mol. The quantitative estimate of drug-likeness (QED) is 0.204. The molecular weight excluding hydrogens is 296 g/mol. The molecule has 0 fully saturated rings. The van der Waals surface area contributed by atoms with E-state index in [1.165, 1.54) is 0 Å². The highest BCUT2D eigenvalue weighted by Crippen LogP contribution is 2.15. The SMILES string of the molecule is CCCCC(CC)C(=O)OCCOOC(=O)C(CC)CCCC. The van der Waals surface area contributed by atoms with Gasteiger partial charge in [0, 0.05) is 0 Å². The van der Waals surface area contributed by atoms with Gasteiger partial charge in [-0.2, -0.15) is 4.89 Å². The van der Waals surface area contributed by atoms with Gasteiger partial charge in [-0.25, -0.2) is 4.79 Å². The minimum Gasteiger partial charge on any atom is -0.463 e. The Hall–Kier alpha value is -1.10. The van der Waals surface area contributed by atoms with E-state index in [1.807, 2.05) is 13.8 Å². The number of esters is 1. The summed E-state index contributed by atoms with van der Waals surface area (Å²) in [7, 11) is 0. The van der Waals surface area contributed by atoms with E-state index in [0.717, 1.165) is 51.4 Å². The number of carbonyl (C=O) groups is 2. The Labute approximate surface area is 141 Å². The topological polar surface area (TPSA) is 61.8 Å². The van der Waals surface area contributed by atoms with Crippen LogP contribution in [0.5, 0.6) is 0 Å². The summed E-state index contributed by atoms with van der Waals surface area (Å²) >= 11 is 0. The molecule has 0 aromatic carbocycles. The van der Waals surface area contributed by atoms with Crippen LogP contribution in [0.4, 0.5) is 0 Å². The average Bonchev–Trinajstić information content (AvgIpc) is 2.55. The molecule has 0 heterocycles. The maximum Gasteiger partial charge on any atom is 0.345 e. The fourth-order valence-corrected chi connectivity index (χ4v) is 2.34. The predicted octanol–water partition coefficient (Wildman–Crippen LogP) is 4.44. The first kappa shape index (κ1) is 21.9. The van der Waals surface area contributed by atoms with Crippen LogP contribution in [0.3, 0.4) is 0 Å². The van der Waals surface area contributed by atoms with Crippen LogP contribution >= 0.6 is 0 Å². The molecule has 0 bridgehead atoms. The summed E-state index contributed by atoms with van der Waals surface area (Å²) in [5.41, 5.74) is 0. The van der Waals surface area contributed by atoms with E-state index in [-0.39, 0.29) is 37.0 Å². The van der Waals surface area contributed by atoms with Crippen molar-refractivity contribution in [2.75, 3.05) is 13.2 Å². The Morgan fingerprint density at radius 1 is 0.783 bits per heavy atom. The monoisotopic (exact) mass is 330 g/mol. The molecule has 0 N–H and O–H groups in total. The van der Waals surface area contributed by atoms with E-state index in [4.69, 9.17) is 14.5 Å². The molecule has 0 aliphatic heterocycles. The Balaban J connectivity index is 3.85. The summed E-state index contributed by atoms with van der Waals surface area (Å²) in [5.74, 6) is -0.682. The molecule has 0 amide bonds. The highest BCUT2D eigenvalue weighted by molar-refractivity contribution is 5.72. The zero-order chi connectivity index (χ0) is 17.5. The minimum absolute atomic E-state index is 0.0454. The number of ether oxygens (including phenoxy) is 1. The molecule has 0 aromatic heterocycles. The molecule has 0 rings (SSSR count). The molecule has 0 aliphatic carbocycles. The first-order chi connectivity index (χ1) is 11.1. The van der Waals surface area contributed by atoms with Gasteiger partial charge >= 0.3 is 11.9 Å². The van der Waals surface area contributed by atoms with Gasteiger partial charge in [0.25, 0.3) is 0 Å². The molecule has 2 unspecified atom stereocenters. The molecule has 136 valence electrons. The van der Waals surface area contributed by atoms with Crippen molar-refractivity contribution in [1.29, 1.82) is 0 Å². The van der Waals surface area contributed by atoms with Gasteiger partial charge in [-0.15, -0.1) is 0 Å². The molecule has 0 spiro atoms. The smallest absolute Gasteiger partial charge is 0.345 e. The number of rotatable bonds is 14. The van der Waals surface area contributed by atoms with Crippen LogP contribution in [0, 0.1) is 11.8 Å². The zero-order valence-electron chi connectivity index (χ0n) is 15.3. The summed E-state index contributed by atoms with van der Waals surface area (Å²) in [6.45, 7) is 8.33. The van der Waals surface area contributed by atoms with Crippen molar-refractivity contribution in [2.24, 2.45) is 11.8 Å². The molecule has 5 heteroatoms. The molecule has 0 aliphatic rings.